The SMILES string of the molecule is Cc1ccc(CSCC(=O)NCc2nc(-c3ccc(Cl)cc3)no2)cc1. The molecule has 0 saturated carbocycles. The normalized spacial score (nSPS) is 10.7. The summed E-state index contributed by atoms with van der Waals surface area (Å²) in [6.07, 6.45) is 0. The highest BCUT2D eigenvalue weighted by Crippen LogP contribution is 2.18. The van der Waals surface area contributed by atoms with Gasteiger partial charge < -0.3 is 9.84 Å². The van der Waals surface area contributed by atoms with Crippen molar-refractivity contribution < 1.29 is 9.32 Å². The second-order valence-corrected chi connectivity index (χ2v) is 7.20. The fourth-order valence-corrected chi connectivity index (χ4v) is 3.16. The van der Waals surface area contributed by atoms with Crippen molar-refractivity contribution in [3.05, 3.63) is 70.6 Å². The number of benzene rings is 2. The molecule has 1 aromatic heterocycles. The Kier molecular flexibility index (Phi) is 6.30. The van der Waals surface area contributed by atoms with E-state index in [0.717, 1.165) is 11.3 Å². The van der Waals surface area contributed by atoms with Gasteiger partial charge in [-0.25, -0.2) is 0 Å². The fraction of sp³-hybridized carbons (Fsp3) is 0.211. The Morgan fingerprint density at radius 3 is 2.62 bits per heavy atom. The number of aromatic nitrogens is 2. The summed E-state index contributed by atoms with van der Waals surface area (Å²) in [4.78, 5) is 16.2. The van der Waals surface area contributed by atoms with Crippen LogP contribution in [0.1, 0.15) is 17.0 Å². The molecule has 1 amide bonds. The first-order chi connectivity index (χ1) is 12.6. The van der Waals surface area contributed by atoms with Crippen LogP contribution in [-0.2, 0) is 17.1 Å². The first-order valence-corrected chi connectivity index (χ1v) is 9.62. The van der Waals surface area contributed by atoms with Gasteiger partial charge in [0.1, 0.15) is 0 Å². The van der Waals surface area contributed by atoms with Crippen LogP contribution >= 0.6 is 23.4 Å². The summed E-state index contributed by atoms with van der Waals surface area (Å²) >= 11 is 7.43. The van der Waals surface area contributed by atoms with Crippen LogP contribution in [0.4, 0.5) is 0 Å². The van der Waals surface area contributed by atoms with Gasteiger partial charge in [-0.2, -0.15) is 4.98 Å². The standard InChI is InChI=1S/C19H18ClN3O2S/c1-13-2-4-14(5-3-13)11-26-12-17(24)21-10-18-22-19(23-25-18)15-6-8-16(20)9-7-15/h2-9H,10-12H2,1H3,(H,21,24). The molecule has 1 heterocycles. The molecule has 0 unspecified atom stereocenters. The zero-order valence-electron chi connectivity index (χ0n) is 14.2. The largest absolute Gasteiger partial charge is 0.346 e. The van der Waals surface area contributed by atoms with Crippen LogP contribution in [0.2, 0.25) is 5.02 Å². The number of amides is 1. The summed E-state index contributed by atoms with van der Waals surface area (Å²) in [7, 11) is 0. The molecular formula is C19H18ClN3O2S. The molecule has 26 heavy (non-hydrogen) atoms. The van der Waals surface area contributed by atoms with Crippen LogP contribution < -0.4 is 5.32 Å². The van der Waals surface area contributed by atoms with E-state index < -0.39 is 0 Å². The number of rotatable bonds is 7. The number of halogens is 1. The van der Waals surface area contributed by atoms with Crippen molar-refractivity contribution in [1.82, 2.24) is 15.5 Å². The second-order valence-electron chi connectivity index (χ2n) is 5.77. The molecule has 7 heteroatoms. The molecule has 0 radical (unpaired) electrons. The lowest BCUT2D eigenvalue weighted by Crippen LogP contribution is -2.24. The highest BCUT2D eigenvalue weighted by atomic mass is 35.5. The molecule has 0 bridgehead atoms. The van der Waals surface area contributed by atoms with Gasteiger partial charge in [0.15, 0.2) is 0 Å². The minimum Gasteiger partial charge on any atom is -0.346 e. The Bertz CT molecular complexity index is 863. The Hall–Kier alpha value is -2.31. The Labute approximate surface area is 161 Å². The number of nitrogens with zero attached hydrogens (tertiary/aromatic N) is 2. The summed E-state index contributed by atoms with van der Waals surface area (Å²) in [6, 6.07) is 15.5. The Morgan fingerprint density at radius 2 is 1.88 bits per heavy atom. The predicted octanol–water partition coefficient (Wildman–Crippen LogP) is 4.25. The highest BCUT2D eigenvalue weighted by Gasteiger charge is 2.10. The monoisotopic (exact) mass is 387 g/mol. The average Bonchev–Trinajstić information content (AvgIpc) is 3.11. The molecule has 0 spiro atoms. The Morgan fingerprint density at radius 1 is 1.15 bits per heavy atom. The number of thioether (sulfide) groups is 1. The number of nitrogens with one attached hydrogen (secondary N) is 1. The summed E-state index contributed by atoms with van der Waals surface area (Å²) in [5.74, 6) is 1.96. The molecule has 3 rings (SSSR count). The molecular weight excluding hydrogens is 370 g/mol. The van der Waals surface area contributed by atoms with E-state index in [1.165, 1.54) is 11.1 Å². The number of carbonyl (C=O) groups is 1. The average molecular weight is 388 g/mol. The van der Waals surface area contributed by atoms with Crippen LogP contribution in [0.5, 0.6) is 0 Å². The lowest BCUT2D eigenvalue weighted by molar-refractivity contribution is -0.118. The van der Waals surface area contributed by atoms with Gasteiger partial charge in [-0.15, -0.1) is 11.8 Å². The van der Waals surface area contributed by atoms with Gasteiger partial charge in [0.05, 0.1) is 12.3 Å². The van der Waals surface area contributed by atoms with Gasteiger partial charge in [0, 0.05) is 16.3 Å². The van der Waals surface area contributed by atoms with E-state index in [1.807, 2.05) is 12.1 Å². The Balaban J connectivity index is 1.43. The molecule has 0 saturated heterocycles. The molecule has 134 valence electrons. The lowest BCUT2D eigenvalue weighted by Gasteiger charge is -2.03. The van der Waals surface area contributed by atoms with Crippen LogP contribution in [-0.4, -0.2) is 21.8 Å². The molecule has 0 aliphatic rings. The summed E-state index contributed by atoms with van der Waals surface area (Å²) in [6.45, 7) is 2.27. The van der Waals surface area contributed by atoms with E-state index in [1.54, 1.807) is 23.9 Å². The third kappa shape index (κ3) is 5.34. The van der Waals surface area contributed by atoms with E-state index >= 15 is 0 Å². The molecule has 0 aliphatic heterocycles. The topological polar surface area (TPSA) is 68.0 Å². The van der Waals surface area contributed by atoms with Crippen molar-refractivity contribution in [2.24, 2.45) is 0 Å². The second kappa shape index (κ2) is 8.87. The number of hydrogen-bond donors (Lipinski definition) is 1. The number of aryl methyl sites for hydroxylation is 1. The van der Waals surface area contributed by atoms with Gasteiger partial charge in [-0.05, 0) is 36.8 Å². The van der Waals surface area contributed by atoms with E-state index in [9.17, 15) is 4.79 Å². The van der Waals surface area contributed by atoms with Gasteiger partial charge in [0.2, 0.25) is 17.6 Å². The molecule has 0 atom stereocenters. The maximum absolute atomic E-state index is 11.9. The molecule has 5 nitrogen and oxygen atoms in total. The fourth-order valence-electron chi connectivity index (χ4n) is 2.21. The highest BCUT2D eigenvalue weighted by molar-refractivity contribution is 7.99. The van der Waals surface area contributed by atoms with Crippen LogP contribution in [0, 0.1) is 6.92 Å². The van der Waals surface area contributed by atoms with Crippen molar-refractivity contribution in [2.75, 3.05) is 5.75 Å². The first kappa shape index (κ1) is 18.5. The summed E-state index contributed by atoms with van der Waals surface area (Å²) in [5, 5.41) is 7.35. The first-order valence-electron chi connectivity index (χ1n) is 8.08. The third-order valence-corrected chi connectivity index (χ3v) is 4.89. The van der Waals surface area contributed by atoms with Gasteiger partial charge >= 0.3 is 0 Å². The maximum atomic E-state index is 11.9. The third-order valence-electron chi connectivity index (χ3n) is 3.63. The van der Waals surface area contributed by atoms with Crippen LogP contribution in [0.15, 0.2) is 53.1 Å². The van der Waals surface area contributed by atoms with Crippen molar-refractivity contribution in [3.63, 3.8) is 0 Å². The van der Waals surface area contributed by atoms with Gasteiger partial charge in [0.25, 0.3) is 0 Å². The van der Waals surface area contributed by atoms with Crippen molar-refractivity contribution in [3.8, 4) is 11.4 Å². The quantitative estimate of drug-likeness (QED) is 0.656. The minimum atomic E-state index is -0.0617. The maximum Gasteiger partial charge on any atom is 0.246 e. The zero-order valence-corrected chi connectivity index (χ0v) is 15.8. The molecule has 1 N–H and O–H groups in total. The van der Waals surface area contributed by atoms with Crippen molar-refractivity contribution in [1.29, 1.82) is 0 Å². The summed E-state index contributed by atoms with van der Waals surface area (Å²) in [5.41, 5.74) is 3.25. The minimum absolute atomic E-state index is 0.0617. The van der Waals surface area contributed by atoms with Gasteiger partial charge in [-0.3, -0.25) is 4.79 Å². The lowest BCUT2D eigenvalue weighted by atomic mass is 10.2. The van der Waals surface area contributed by atoms with Crippen LogP contribution in [0.3, 0.4) is 0 Å². The van der Waals surface area contributed by atoms with E-state index in [-0.39, 0.29) is 12.5 Å². The molecule has 3 aromatic rings. The molecule has 0 aliphatic carbocycles. The predicted molar refractivity (Wildman–Crippen MR) is 104 cm³/mol. The van der Waals surface area contributed by atoms with Crippen molar-refractivity contribution >= 4 is 29.3 Å². The zero-order chi connectivity index (χ0) is 18.4. The van der Waals surface area contributed by atoms with Gasteiger partial charge in [-0.1, -0.05) is 46.6 Å². The van der Waals surface area contributed by atoms with E-state index in [2.05, 4.69) is 46.6 Å². The van der Waals surface area contributed by atoms with Crippen LogP contribution in [0.25, 0.3) is 11.4 Å². The van der Waals surface area contributed by atoms with E-state index in [4.69, 9.17) is 16.1 Å². The summed E-state index contributed by atoms with van der Waals surface area (Å²) < 4.78 is 5.17. The van der Waals surface area contributed by atoms with Crippen molar-refractivity contribution in [2.45, 2.75) is 19.2 Å². The smallest absolute Gasteiger partial charge is 0.246 e. The molecule has 0 fully saturated rings. The molecule has 2 aromatic carbocycles. The number of hydrogen-bond acceptors (Lipinski definition) is 5. The van der Waals surface area contributed by atoms with E-state index in [0.29, 0.717) is 22.5 Å². The number of carbonyl (C=O) groups excluding carboxylic acids is 1.